The van der Waals surface area contributed by atoms with E-state index in [4.69, 9.17) is 4.42 Å². The van der Waals surface area contributed by atoms with Crippen LogP contribution in [-0.2, 0) is 9.59 Å². The molecule has 1 aliphatic rings. The van der Waals surface area contributed by atoms with Crippen molar-refractivity contribution >= 4 is 39.5 Å². The number of furan rings is 1. The minimum Gasteiger partial charge on any atom is -0.457 e. The molecule has 1 fully saturated rings. The zero-order valence-electron chi connectivity index (χ0n) is 14.4. The molecule has 6 heteroatoms. The van der Waals surface area contributed by atoms with Gasteiger partial charge in [-0.05, 0) is 55.0 Å². The molecule has 0 unspecified atom stereocenters. The number of nitrogens with zero attached hydrogens (tertiary/aromatic N) is 1. The lowest BCUT2D eigenvalue weighted by atomic mass is 10.1. The number of halogens is 1. The van der Waals surface area contributed by atoms with Gasteiger partial charge in [-0.15, -0.1) is 0 Å². The van der Waals surface area contributed by atoms with Crippen molar-refractivity contribution in [3.63, 3.8) is 0 Å². The summed E-state index contributed by atoms with van der Waals surface area (Å²) in [5.74, 6) is 0.212. The van der Waals surface area contributed by atoms with Crippen LogP contribution in [0, 0.1) is 6.92 Å². The maximum Gasteiger partial charge on any atom is 0.282 e. The minimum atomic E-state index is -0.460. The number of hydrazine groups is 1. The van der Waals surface area contributed by atoms with E-state index in [1.165, 1.54) is 11.1 Å². The largest absolute Gasteiger partial charge is 0.457 e. The molecule has 0 radical (unpaired) electrons. The molecule has 1 saturated heterocycles. The SMILES string of the molecule is Cc1ccc(-c2ccc(/C=C3\C(=O)NN(c4ccccc4)C3=O)o2)c(Br)c1. The molecule has 1 N–H and O–H groups in total. The van der Waals surface area contributed by atoms with Gasteiger partial charge in [0.05, 0.1) is 5.69 Å². The third-order valence-electron chi connectivity index (χ3n) is 4.21. The van der Waals surface area contributed by atoms with Gasteiger partial charge in [0.2, 0.25) is 0 Å². The van der Waals surface area contributed by atoms with Crippen LogP contribution in [0.5, 0.6) is 0 Å². The van der Waals surface area contributed by atoms with E-state index in [9.17, 15) is 9.59 Å². The van der Waals surface area contributed by atoms with Gasteiger partial charge in [0.1, 0.15) is 17.1 Å². The van der Waals surface area contributed by atoms with E-state index in [1.807, 2.05) is 37.3 Å². The number of anilines is 1. The van der Waals surface area contributed by atoms with E-state index in [0.717, 1.165) is 15.6 Å². The van der Waals surface area contributed by atoms with E-state index in [2.05, 4.69) is 21.4 Å². The molecule has 5 nitrogen and oxygen atoms in total. The maximum absolute atomic E-state index is 12.6. The maximum atomic E-state index is 12.6. The lowest BCUT2D eigenvalue weighted by Gasteiger charge is -2.13. The number of hydrogen-bond acceptors (Lipinski definition) is 3. The fourth-order valence-electron chi connectivity index (χ4n) is 2.85. The van der Waals surface area contributed by atoms with Crippen LogP contribution in [0.2, 0.25) is 0 Å². The van der Waals surface area contributed by atoms with Crippen LogP contribution in [-0.4, -0.2) is 11.8 Å². The van der Waals surface area contributed by atoms with Crippen LogP contribution in [0.1, 0.15) is 11.3 Å². The minimum absolute atomic E-state index is 0.0303. The Balaban J connectivity index is 1.63. The molecule has 2 aromatic carbocycles. The standard InChI is InChI=1S/C21H15BrN2O3/c1-13-7-9-16(18(22)11-13)19-10-8-15(27-19)12-17-20(25)23-24(21(17)26)14-5-3-2-4-6-14/h2-12H,1H3,(H,23,25)/b17-12+. The zero-order valence-corrected chi connectivity index (χ0v) is 16.0. The van der Waals surface area contributed by atoms with Crippen molar-refractivity contribution in [2.24, 2.45) is 0 Å². The Kier molecular flexibility index (Phi) is 4.41. The van der Waals surface area contributed by atoms with Gasteiger partial charge >= 0.3 is 0 Å². The topological polar surface area (TPSA) is 62.6 Å². The predicted octanol–water partition coefficient (Wildman–Crippen LogP) is 4.48. The van der Waals surface area contributed by atoms with Gasteiger partial charge in [0, 0.05) is 10.0 Å². The average Bonchev–Trinajstić information content (AvgIpc) is 3.22. The first-order chi connectivity index (χ1) is 13.0. The molecule has 0 spiro atoms. The summed E-state index contributed by atoms with van der Waals surface area (Å²) in [5.41, 5.74) is 5.24. The van der Waals surface area contributed by atoms with Gasteiger partial charge in [-0.1, -0.05) is 40.2 Å². The van der Waals surface area contributed by atoms with Crippen LogP contribution in [0.25, 0.3) is 17.4 Å². The molecule has 1 aromatic heterocycles. The van der Waals surface area contributed by atoms with Crippen LogP contribution in [0.3, 0.4) is 0 Å². The molecule has 134 valence electrons. The van der Waals surface area contributed by atoms with Crippen molar-refractivity contribution < 1.29 is 14.0 Å². The van der Waals surface area contributed by atoms with Crippen molar-refractivity contribution in [3.8, 4) is 11.3 Å². The van der Waals surface area contributed by atoms with Crippen LogP contribution in [0.4, 0.5) is 5.69 Å². The molecular weight excluding hydrogens is 408 g/mol. The van der Waals surface area contributed by atoms with E-state index in [-0.39, 0.29) is 5.57 Å². The summed E-state index contributed by atoms with van der Waals surface area (Å²) in [4.78, 5) is 24.9. The third kappa shape index (κ3) is 3.31. The van der Waals surface area contributed by atoms with E-state index in [0.29, 0.717) is 17.2 Å². The number of aryl methyl sites for hydroxylation is 1. The third-order valence-corrected chi connectivity index (χ3v) is 4.87. The Morgan fingerprint density at radius 1 is 1.04 bits per heavy atom. The van der Waals surface area contributed by atoms with Gasteiger partial charge in [0.15, 0.2) is 0 Å². The Hall–Kier alpha value is -3.12. The van der Waals surface area contributed by atoms with E-state index >= 15 is 0 Å². The molecule has 27 heavy (non-hydrogen) atoms. The summed E-state index contributed by atoms with van der Waals surface area (Å²) in [6.45, 7) is 2.01. The summed E-state index contributed by atoms with van der Waals surface area (Å²) in [6, 6.07) is 18.4. The lowest BCUT2D eigenvalue weighted by Crippen LogP contribution is -2.35. The van der Waals surface area contributed by atoms with Gasteiger partial charge in [-0.25, -0.2) is 5.01 Å². The second kappa shape index (κ2) is 6.89. The lowest BCUT2D eigenvalue weighted by molar-refractivity contribution is -0.117. The number of carbonyl (C=O) groups excluding carboxylic acids is 2. The number of nitrogens with one attached hydrogen (secondary N) is 1. The normalized spacial score (nSPS) is 15.5. The van der Waals surface area contributed by atoms with Crippen molar-refractivity contribution in [1.82, 2.24) is 5.43 Å². The van der Waals surface area contributed by atoms with Crippen molar-refractivity contribution in [3.05, 3.63) is 82.0 Å². The Bertz CT molecular complexity index is 1070. The summed E-state index contributed by atoms with van der Waals surface area (Å²) >= 11 is 3.53. The van der Waals surface area contributed by atoms with Gasteiger partial charge in [-0.2, -0.15) is 0 Å². The number of amides is 2. The number of benzene rings is 2. The summed E-state index contributed by atoms with van der Waals surface area (Å²) in [7, 11) is 0. The van der Waals surface area contributed by atoms with E-state index < -0.39 is 11.8 Å². The molecule has 3 aromatic rings. The highest BCUT2D eigenvalue weighted by Crippen LogP contribution is 2.31. The number of rotatable bonds is 3. The number of carbonyl (C=O) groups is 2. The quantitative estimate of drug-likeness (QED) is 0.499. The fourth-order valence-corrected chi connectivity index (χ4v) is 3.54. The van der Waals surface area contributed by atoms with Gasteiger partial charge in [-0.3, -0.25) is 15.0 Å². The molecule has 0 bridgehead atoms. The smallest absolute Gasteiger partial charge is 0.282 e. The molecule has 0 aliphatic carbocycles. The highest BCUT2D eigenvalue weighted by atomic mass is 79.9. The monoisotopic (exact) mass is 422 g/mol. The molecule has 1 aliphatic heterocycles. The summed E-state index contributed by atoms with van der Waals surface area (Å²) < 4.78 is 6.75. The summed E-state index contributed by atoms with van der Waals surface area (Å²) in [6.07, 6.45) is 1.46. The number of para-hydroxylation sites is 1. The van der Waals surface area contributed by atoms with Crippen molar-refractivity contribution in [2.75, 3.05) is 5.01 Å². The Morgan fingerprint density at radius 2 is 1.81 bits per heavy atom. The molecule has 2 heterocycles. The molecule has 4 rings (SSSR count). The second-order valence-corrected chi connectivity index (χ2v) is 7.01. The summed E-state index contributed by atoms with van der Waals surface area (Å²) in [5, 5.41) is 1.23. The van der Waals surface area contributed by atoms with E-state index in [1.54, 1.807) is 30.3 Å². The van der Waals surface area contributed by atoms with Crippen molar-refractivity contribution in [1.29, 1.82) is 0 Å². The Morgan fingerprint density at radius 3 is 2.56 bits per heavy atom. The Labute approximate surface area is 164 Å². The van der Waals surface area contributed by atoms with Crippen LogP contribution < -0.4 is 10.4 Å². The predicted molar refractivity (Wildman–Crippen MR) is 107 cm³/mol. The van der Waals surface area contributed by atoms with Gasteiger partial charge < -0.3 is 4.42 Å². The molecule has 2 amide bonds. The molecule has 0 atom stereocenters. The average molecular weight is 423 g/mol. The highest BCUT2D eigenvalue weighted by molar-refractivity contribution is 9.10. The second-order valence-electron chi connectivity index (χ2n) is 6.16. The number of hydrogen-bond donors (Lipinski definition) is 1. The molecular formula is C21H15BrN2O3. The fraction of sp³-hybridized carbons (Fsp3) is 0.0476. The van der Waals surface area contributed by atoms with Crippen LogP contribution in [0.15, 0.2) is 75.1 Å². The highest BCUT2D eigenvalue weighted by Gasteiger charge is 2.34. The van der Waals surface area contributed by atoms with Crippen LogP contribution >= 0.6 is 15.9 Å². The zero-order chi connectivity index (χ0) is 19.0. The first-order valence-electron chi connectivity index (χ1n) is 8.31. The molecule has 0 saturated carbocycles. The van der Waals surface area contributed by atoms with Crippen molar-refractivity contribution in [2.45, 2.75) is 6.92 Å². The first-order valence-corrected chi connectivity index (χ1v) is 9.11. The van der Waals surface area contributed by atoms with Gasteiger partial charge in [0.25, 0.3) is 11.8 Å². The first kappa shape index (κ1) is 17.3.